The van der Waals surface area contributed by atoms with E-state index in [-0.39, 0.29) is 11.7 Å². The topological polar surface area (TPSA) is 115 Å². The molecule has 2 N–H and O–H groups in total. The van der Waals surface area contributed by atoms with E-state index >= 15 is 0 Å². The lowest BCUT2D eigenvalue weighted by atomic mass is 9.86. The standard InChI is InChI=1S/C30H31N5O4/c1-30(2,38)21-9-10-22-23(16-21)35(27(18-7-5-4-6-8-18)19-11-13-39-14-12-19)24-15-20(17-31-25(22)24)28-26(29(36)37)32-33-34(28)3/h4-10,15-17,19,27,38H,11-14H2,1-3H3,(H,36,37)/t27-/m1/s1. The van der Waals surface area contributed by atoms with Gasteiger partial charge in [-0.3, -0.25) is 4.98 Å². The average Bonchev–Trinajstić information content (AvgIpc) is 3.47. The highest BCUT2D eigenvalue weighted by atomic mass is 16.5. The highest BCUT2D eigenvalue weighted by Crippen LogP contribution is 2.42. The van der Waals surface area contributed by atoms with Crippen LogP contribution in [0.15, 0.2) is 60.8 Å². The van der Waals surface area contributed by atoms with Crippen LogP contribution in [0.5, 0.6) is 0 Å². The number of nitrogens with zero attached hydrogens (tertiary/aromatic N) is 5. The molecule has 0 aliphatic carbocycles. The van der Waals surface area contributed by atoms with E-state index < -0.39 is 11.6 Å². The van der Waals surface area contributed by atoms with Gasteiger partial charge in [0.1, 0.15) is 5.69 Å². The molecule has 0 unspecified atom stereocenters. The Morgan fingerprint density at radius 1 is 1.08 bits per heavy atom. The van der Waals surface area contributed by atoms with E-state index in [1.807, 2.05) is 24.3 Å². The second-order valence-electron chi connectivity index (χ2n) is 10.8. The second-order valence-corrected chi connectivity index (χ2v) is 10.8. The summed E-state index contributed by atoms with van der Waals surface area (Å²) in [5, 5.41) is 29.5. The van der Waals surface area contributed by atoms with Crippen LogP contribution >= 0.6 is 0 Å². The second kappa shape index (κ2) is 9.59. The van der Waals surface area contributed by atoms with Gasteiger partial charge in [0.25, 0.3) is 0 Å². The number of aromatic carboxylic acids is 1. The Balaban J connectivity index is 1.69. The zero-order chi connectivity index (χ0) is 27.3. The Labute approximate surface area is 225 Å². The van der Waals surface area contributed by atoms with E-state index in [2.05, 4.69) is 45.2 Å². The van der Waals surface area contributed by atoms with Crippen molar-refractivity contribution in [2.45, 2.75) is 38.3 Å². The largest absolute Gasteiger partial charge is 0.476 e. The Morgan fingerprint density at radius 3 is 2.51 bits per heavy atom. The molecule has 0 amide bonds. The number of benzene rings is 2. The molecule has 1 aliphatic rings. The van der Waals surface area contributed by atoms with Crippen LogP contribution in [0.2, 0.25) is 0 Å². The highest BCUT2D eigenvalue weighted by molar-refractivity contribution is 6.07. The molecular formula is C30H31N5O4. The highest BCUT2D eigenvalue weighted by Gasteiger charge is 2.31. The molecule has 6 rings (SSSR count). The van der Waals surface area contributed by atoms with Crippen molar-refractivity contribution in [2.75, 3.05) is 13.2 Å². The van der Waals surface area contributed by atoms with Gasteiger partial charge in [-0.15, -0.1) is 5.10 Å². The summed E-state index contributed by atoms with van der Waals surface area (Å²) in [7, 11) is 1.68. The number of carboxylic acids is 1. The zero-order valence-corrected chi connectivity index (χ0v) is 22.2. The van der Waals surface area contributed by atoms with Gasteiger partial charge in [-0.1, -0.05) is 47.7 Å². The van der Waals surface area contributed by atoms with Crippen molar-refractivity contribution in [1.82, 2.24) is 24.5 Å². The Hall–Kier alpha value is -4.08. The number of hydrogen-bond acceptors (Lipinski definition) is 6. The van der Waals surface area contributed by atoms with Crippen LogP contribution in [0.1, 0.15) is 54.3 Å². The first-order valence-electron chi connectivity index (χ1n) is 13.2. The normalized spacial score (nSPS) is 15.7. The molecule has 1 aliphatic heterocycles. The first-order valence-corrected chi connectivity index (χ1v) is 13.2. The smallest absolute Gasteiger partial charge is 0.358 e. The maximum absolute atomic E-state index is 11.9. The van der Waals surface area contributed by atoms with E-state index in [0.29, 0.717) is 30.4 Å². The lowest BCUT2D eigenvalue weighted by molar-refractivity contribution is 0.0552. The minimum atomic E-state index is -1.14. The summed E-state index contributed by atoms with van der Waals surface area (Å²) < 4.78 is 9.53. The van der Waals surface area contributed by atoms with Crippen LogP contribution in [0.3, 0.4) is 0 Å². The number of aromatic nitrogens is 5. The van der Waals surface area contributed by atoms with Crippen molar-refractivity contribution in [3.63, 3.8) is 0 Å². The van der Waals surface area contributed by atoms with Crippen LogP contribution in [-0.4, -0.2) is 53.9 Å². The Kier molecular flexibility index (Phi) is 6.20. The van der Waals surface area contributed by atoms with E-state index in [0.717, 1.165) is 40.3 Å². The molecule has 0 saturated carbocycles. The van der Waals surface area contributed by atoms with Gasteiger partial charge in [0.2, 0.25) is 0 Å². The van der Waals surface area contributed by atoms with Gasteiger partial charge in [-0.05, 0) is 55.9 Å². The molecule has 1 fully saturated rings. The molecule has 9 nitrogen and oxygen atoms in total. The molecule has 1 atom stereocenters. The van der Waals surface area contributed by atoms with Gasteiger partial charge in [0.15, 0.2) is 5.69 Å². The van der Waals surface area contributed by atoms with Gasteiger partial charge in [-0.2, -0.15) is 0 Å². The fourth-order valence-electron chi connectivity index (χ4n) is 5.85. The maximum Gasteiger partial charge on any atom is 0.358 e. The summed E-state index contributed by atoms with van der Waals surface area (Å²) in [4.78, 5) is 16.8. The monoisotopic (exact) mass is 525 g/mol. The molecule has 3 aromatic heterocycles. The Morgan fingerprint density at radius 2 is 1.82 bits per heavy atom. The number of pyridine rings is 1. The van der Waals surface area contributed by atoms with E-state index in [1.165, 1.54) is 10.2 Å². The van der Waals surface area contributed by atoms with Crippen molar-refractivity contribution in [1.29, 1.82) is 0 Å². The Bertz CT molecular complexity index is 1680. The zero-order valence-electron chi connectivity index (χ0n) is 22.2. The van der Waals surface area contributed by atoms with Crippen molar-refractivity contribution >= 4 is 27.9 Å². The van der Waals surface area contributed by atoms with Crippen LogP contribution in [0.25, 0.3) is 33.2 Å². The third-order valence-electron chi connectivity index (χ3n) is 7.78. The number of hydrogen-bond donors (Lipinski definition) is 2. The van der Waals surface area contributed by atoms with Crippen LogP contribution in [-0.2, 0) is 17.4 Å². The number of rotatable bonds is 6. The van der Waals surface area contributed by atoms with Gasteiger partial charge >= 0.3 is 5.97 Å². The van der Waals surface area contributed by atoms with Gasteiger partial charge in [0.05, 0.1) is 28.2 Å². The van der Waals surface area contributed by atoms with Crippen molar-refractivity contribution in [3.05, 3.63) is 77.6 Å². The molecule has 39 heavy (non-hydrogen) atoms. The van der Waals surface area contributed by atoms with Crippen molar-refractivity contribution in [2.24, 2.45) is 13.0 Å². The molecular weight excluding hydrogens is 494 g/mol. The molecule has 0 radical (unpaired) electrons. The summed E-state index contributed by atoms with van der Waals surface area (Å²) >= 11 is 0. The fraction of sp³-hybridized carbons (Fsp3) is 0.333. The molecule has 2 aromatic carbocycles. The molecule has 0 bridgehead atoms. The summed E-state index contributed by atoms with van der Waals surface area (Å²) in [5.74, 6) is -0.833. The van der Waals surface area contributed by atoms with E-state index in [1.54, 1.807) is 27.1 Å². The van der Waals surface area contributed by atoms with Gasteiger partial charge in [0, 0.05) is 37.4 Å². The minimum absolute atomic E-state index is 0.0205. The van der Waals surface area contributed by atoms with E-state index in [9.17, 15) is 15.0 Å². The first kappa shape index (κ1) is 25.2. The summed E-state index contributed by atoms with van der Waals surface area (Å²) in [6.07, 6.45) is 3.51. The van der Waals surface area contributed by atoms with Crippen LogP contribution in [0.4, 0.5) is 0 Å². The third-order valence-corrected chi connectivity index (χ3v) is 7.78. The van der Waals surface area contributed by atoms with Crippen LogP contribution in [0, 0.1) is 5.92 Å². The maximum atomic E-state index is 11.9. The lowest BCUT2D eigenvalue weighted by Gasteiger charge is -2.33. The lowest BCUT2D eigenvalue weighted by Crippen LogP contribution is -2.27. The number of carbonyl (C=O) groups is 1. The molecule has 0 spiro atoms. The molecule has 5 aromatic rings. The molecule has 200 valence electrons. The summed E-state index contributed by atoms with van der Waals surface area (Å²) in [6, 6.07) is 18.4. The van der Waals surface area contributed by atoms with Crippen LogP contribution < -0.4 is 0 Å². The SMILES string of the molecule is Cn1nnc(C(=O)O)c1-c1cnc2c3ccc(C(C)(C)O)cc3n([C@H](c3ccccc3)C3CCOCC3)c2c1. The quantitative estimate of drug-likeness (QED) is 0.323. The summed E-state index contributed by atoms with van der Waals surface area (Å²) in [5.41, 5.74) is 4.53. The predicted molar refractivity (Wildman–Crippen MR) is 148 cm³/mol. The molecule has 4 heterocycles. The first-order chi connectivity index (χ1) is 18.7. The van der Waals surface area contributed by atoms with Gasteiger partial charge in [-0.25, -0.2) is 9.48 Å². The van der Waals surface area contributed by atoms with Gasteiger partial charge < -0.3 is 19.5 Å². The molecule has 1 saturated heterocycles. The van der Waals surface area contributed by atoms with Crippen molar-refractivity contribution < 1.29 is 19.7 Å². The number of carboxylic acid groups (broad SMARTS) is 1. The average molecular weight is 526 g/mol. The fourth-order valence-corrected chi connectivity index (χ4v) is 5.85. The van der Waals surface area contributed by atoms with E-state index in [4.69, 9.17) is 9.72 Å². The number of aryl methyl sites for hydroxylation is 1. The predicted octanol–water partition coefficient (Wildman–Crippen LogP) is 4.93. The van der Waals surface area contributed by atoms with Crippen molar-refractivity contribution in [3.8, 4) is 11.3 Å². The number of ether oxygens (including phenoxy) is 1. The number of aliphatic hydroxyl groups is 1. The summed E-state index contributed by atoms with van der Waals surface area (Å²) in [6.45, 7) is 4.97. The third kappa shape index (κ3) is 4.37. The number of fused-ring (bicyclic) bond motifs is 3. The minimum Gasteiger partial charge on any atom is -0.476 e. The molecule has 9 heteroatoms.